The Kier molecular flexibility index (Phi) is 3.21. The first-order valence-electron chi connectivity index (χ1n) is 8.04. The van der Waals surface area contributed by atoms with Crippen LogP contribution in [0.15, 0.2) is 48.9 Å². The number of carbonyl (C=O) groups excluding carboxylic acids is 1. The van der Waals surface area contributed by atoms with E-state index in [-0.39, 0.29) is 12.0 Å². The molecule has 0 bridgehead atoms. The average Bonchev–Trinajstić information content (AvgIpc) is 3.11. The molecule has 0 amide bonds. The van der Waals surface area contributed by atoms with Crippen LogP contribution in [-0.2, 0) is 4.79 Å². The van der Waals surface area contributed by atoms with Gasteiger partial charge in [0.05, 0.1) is 24.3 Å². The molecule has 0 spiro atoms. The number of aromatic nitrogens is 2. The third-order valence-corrected chi connectivity index (χ3v) is 5.14. The van der Waals surface area contributed by atoms with Gasteiger partial charge in [-0.25, -0.2) is 4.98 Å². The molecule has 2 aliphatic rings. The van der Waals surface area contributed by atoms with E-state index in [2.05, 4.69) is 34.3 Å². The van der Waals surface area contributed by atoms with Gasteiger partial charge in [0.1, 0.15) is 5.78 Å². The Morgan fingerprint density at radius 3 is 2.86 bits per heavy atom. The van der Waals surface area contributed by atoms with E-state index >= 15 is 0 Å². The molecule has 3 heteroatoms. The van der Waals surface area contributed by atoms with Crippen LogP contribution in [0.5, 0.6) is 0 Å². The van der Waals surface area contributed by atoms with Crippen LogP contribution in [0.4, 0.5) is 0 Å². The average molecular weight is 292 g/mol. The maximum Gasteiger partial charge on any atom is 0.138 e. The van der Waals surface area contributed by atoms with Crippen molar-refractivity contribution in [3.8, 4) is 11.3 Å². The maximum atomic E-state index is 12.7. The van der Waals surface area contributed by atoms with Crippen LogP contribution in [0.2, 0.25) is 0 Å². The zero-order valence-corrected chi connectivity index (χ0v) is 12.7. The standard InChI is InChI=1S/C19H20N2O/c1-13-6-8-14(9-7-13)19(22)10-17-15-4-2-3-5-16(15)18-11-20-12-21(17)18/h2-5,11-12,14,17H,1,6-10H2. The van der Waals surface area contributed by atoms with Crippen molar-refractivity contribution in [2.24, 2.45) is 5.92 Å². The van der Waals surface area contributed by atoms with Crippen molar-refractivity contribution in [3.63, 3.8) is 0 Å². The Hall–Kier alpha value is -2.16. The van der Waals surface area contributed by atoms with Crippen molar-refractivity contribution in [2.75, 3.05) is 0 Å². The zero-order chi connectivity index (χ0) is 15.1. The summed E-state index contributed by atoms with van der Waals surface area (Å²) in [5.74, 6) is 0.610. The van der Waals surface area contributed by atoms with Gasteiger partial charge >= 0.3 is 0 Å². The zero-order valence-electron chi connectivity index (χ0n) is 12.7. The largest absolute Gasteiger partial charge is 0.323 e. The Labute approximate surface area is 130 Å². The first-order valence-corrected chi connectivity index (χ1v) is 8.04. The molecule has 2 heterocycles. The summed E-state index contributed by atoms with van der Waals surface area (Å²) in [7, 11) is 0. The number of Topliss-reactive ketones (excluding diaryl/α,β-unsaturated/α-hetero) is 1. The van der Waals surface area contributed by atoms with E-state index in [0.29, 0.717) is 12.2 Å². The summed E-state index contributed by atoms with van der Waals surface area (Å²) in [6, 6.07) is 8.49. The van der Waals surface area contributed by atoms with E-state index in [4.69, 9.17) is 0 Å². The van der Waals surface area contributed by atoms with Crippen molar-refractivity contribution >= 4 is 5.78 Å². The molecule has 2 aromatic rings. The minimum absolute atomic E-state index is 0.117. The topological polar surface area (TPSA) is 34.9 Å². The summed E-state index contributed by atoms with van der Waals surface area (Å²) < 4.78 is 2.16. The van der Waals surface area contributed by atoms with Crippen molar-refractivity contribution in [1.82, 2.24) is 9.55 Å². The molecule has 0 radical (unpaired) electrons. The van der Waals surface area contributed by atoms with E-state index < -0.39 is 0 Å². The van der Waals surface area contributed by atoms with Gasteiger partial charge < -0.3 is 4.57 Å². The number of allylic oxidation sites excluding steroid dienone is 1. The fourth-order valence-electron chi connectivity index (χ4n) is 3.85. The van der Waals surface area contributed by atoms with Crippen LogP contribution < -0.4 is 0 Å². The molecular weight excluding hydrogens is 272 g/mol. The van der Waals surface area contributed by atoms with E-state index in [9.17, 15) is 4.79 Å². The summed E-state index contributed by atoms with van der Waals surface area (Å²) >= 11 is 0. The van der Waals surface area contributed by atoms with Gasteiger partial charge in [-0.3, -0.25) is 4.79 Å². The van der Waals surface area contributed by atoms with Gasteiger partial charge in [-0.1, -0.05) is 36.4 Å². The van der Waals surface area contributed by atoms with Gasteiger partial charge in [0, 0.05) is 17.9 Å². The fraction of sp³-hybridized carbons (Fsp3) is 0.368. The molecule has 1 atom stereocenters. The number of carbonyl (C=O) groups is 1. The second-order valence-electron chi connectivity index (χ2n) is 6.48. The number of rotatable bonds is 3. The lowest BCUT2D eigenvalue weighted by atomic mass is 9.82. The normalized spacial score (nSPS) is 20.7. The molecule has 3 nitrogen and oxygen atoms in total. The molecule has 1 aromatic carbocycles. The van der Waals surface area contributed by atoms with E-state index in [0.717, 1.165) is 31.4 Å². The monoisotopic (exact) mass is 292 g/mol. The molecule has 1 saturated carbocycles. The van der Waals surface area contributed by atoms with Gasteiger partial charge in [0.25, 0.3) is 0 Å². The number of imidazole rings is 1. The van der Waals surface area contributed by atoms with Crippen LogP contribution >= 0.6 is 0 Å². The minimum Gasteiger partial charge on any atom is -0.323 e. The smallest absolute Gasteiger partial charge is 0.138 e. The Morgan fingerprint density at radius 2 is 2.05 bits per heavy atom. The first-order chi connectivity index (χ1) is 10.7. The number of ketones is 1. The van der Waals surface area contributed by atoms with Crippen molar-refractivity contribution in [1.29, 1.82) is 0 Å². The van der Waals surface area contributed by atoms with Crippen LogP contribution in [0.1, 0.15) is 43.7 Å². The van der Waals surface area contributed by atoms with E-state index in [1.807, 2.05) is 18.6 Å². The van der Waals surface area contributed by atoms with Gasteiger partial charge in [-0.15, -0.1) is 0 Å². The van der Waals surface area contributed by atoms with Gasteiger partial charge in [-0.2, -0.15) is 0 Å². The van der Waals surface area contributed by atoms with Crippen molar-refractivity contribution in [2.45, 2.75) is 38.1 Å². The van der Waals surface area contributed by atoms with Gasteiger partial charge in [-0.05, 0) is 31.2 Å². The van der Waals surface area contributed by atoms with Gasteiger partial charge in [0.2, 0.25) is 0 Å². The third-order valence-electron chi connectivity index (χ3n) is 5.14. The fourth-order valence-corrected chi connectivity index (χ4v) is 3.85. The summed E-state index contributed by atoms with van der Waals surface area (Å²) in [4.78, 5) is 17.0. The van der Waals surface area contributed by atoms with Crippen LogP contribution in [0.3, 0.4) is 0 Å². The highest BCUT2D eigenvalue weighted by molar-refractivity contribution is 5.83. The highest BCUT2D eigenvalue weighted by Crippen LogP contribution is 2.41. The lowest BCUT2D eigenvalue weighted by Crippen LogP contribution is -2.22. The minimum atomic E-state index is 0.117. The third kappa shape index (κ3) is 2.12. The van der Waals surface area contributed by atoms with Crippen LogP contribution in [0.25, 0.3) is 11.3 Å². The predicted octanol–water partition coefficient (Wildman–Crippen LogP) is 4.16. The maximum absolute atomic E-state index is 12.7. The number of nitrogens with zero attached hydrogens (tertiary/aromatic N) is 2. The lowest BCUT2D eigenvalue weighted by Gasteiger charge is -2.24. The molecular formula is C19H20N2O. The molecule has 1 aromatic heterocycles. The second kappa shape index (κ2) is 5.24. The number of benzene rings is 1. The van der Waals surface area contributed by atoms with Crippen LogP contribution in [0, 0.1) is 5.92 Å². The van der Waals surface area contributed by atoms with E-state index in [1.165, 1.54) is 16.7 Å². The predicted molar refractivity (Wildman–Crippen MR) is 86.5 cm³/mol. The summed E-state index contributed by atoms with van der Waals surface area (Å²) in [6.07, 6.45) is 8.30. The second-order valence-corrected chi connectivity index (χ2v) is 6.48. The first kappa shape index (κ1) is 13.5. The number of hydrogen-bond acceptors (Lipinski definition) is 2. The van der Waals surface area contributed by atoms with Crippen molar-refractivity contribution < 1.29 is 4.79 Å². The molecule has 1 aliphatic heterocycles. The molecule has 1 aliphatic carbocycles. The lowest BCUT2D eigenvalue weighted by molar-refractivity contribution is -0.124. The van der Waals surface area contributed by atoms with Gasteiger partial charge in [0.15, 0.2) is 0 Å². The highest BCUT2D eigenvalue weighted by Gasteiger charge is 2.32. The summed E-state index contributed by atoms with van der Waals surface area (Å²) in [5.41, 5.74) is 4.90. The highest BCUT2D eigenvalue weighted by atomic mass is 16.1. The van der Waals surface area contributed by atoms with Crippen LogP contribution in [-0.4, -0.2) is 15.3 Å². The van der Waals surface area contributed by atoms with Crippen molar-refractivity contribution in [3.05, 3.63) is 54.5 Å². The quantitative estimate of drug-likeness (QED) is 0.796. The Bertz CT molecular complexity index is 733. The van der Waals surface area contributed by atoms with E-state index in [1.54, 1.807) is 0 Å². The molecule has 112 valence electrons. The number of hydrogen-bond donors (Lipinski definition) is 0. The molecule has 0 saturated heterocycles. The molecule has 4 rings (SSSR count). The summed E-state index contributed by atoms with van der Waals surface area (Å²) in [6.45, 7) is 4.04. The molecule has 1 fully saturated rings. The SMILES string of the molecule is C=C1CCC(C(=O)CC2c3ccccc3-c3cncn32)CC1. The number of fused-ring (bicyclic) bond motifs is 3. The molecule has 22 heavy (non-hydrogen) atoms. The Morgan fingerprint density at radius 1 is 1.27 bits per heavy atom. The molecule has 1 unspecified atom stereocenters. The Balaban J connectivity index is 1.58. The summed E-state index contributed by atoms with van der Waals surface area (Å²) in [5, 5.41) is 0. The molecule has 0 N–H and O–H groups in total.